The Balaban J connectivity index is 5.08. The highest BCUT2D eigenvalue weighted by Gasteiger charge is 2.30. The Morgan fingerprint density at radius 2 is 0.600 bits per heavy atom. The van der Waals surface area contributed by atoms with Gasteiger partial charge in [0.05, 0.1) is 26.4 Å². The second kappa shape index (κ2) is 58.4. The molecule has 0 saturated carbocycles. The monoisotopic (exact) mass is 1250 g/mol. The van der Waals surface area contributed by atoms with E-state index in [9.17, 15) is 43.2 Å². The standard InChI is InChI=1S/C66H128O17P2/c1-7-10-12-14-29-38-44-50-65(70)82-61(54-76-63(68)48-42-34-13-11-8-2)56-80-84(72,73)78-52-60(67)53-79-85(74,75)81-57-62(55-77-64(69)49-43-37-32-28-27-31-36-41-47-59(6)9-3)83-66(71)51-45-39-33-26-24-22-20-18-16-15-17-19-21-23-25-30-35-40-46-58(4)5/h58-62,67H,7-57H2,1-6H3,(H,72,73)(H,74,75)/t59?,60-,61+,62+/m0/s1. The zero-order valence-electron chi connectivity index (χ0n) is 54.9. The Kier molecular flexibility index (Phi) is 57.1. The van der Waals surface area contributed by atoms with Crippen LogP contribution in [0.5, 0.6) is 0 Å². The van der Waals surface area contributed by atoms with Gasteiger partial charge in [-0.25, -0.2) is 9.13 Å². The van der Waals surface area contributed by atoms with Crippen LogP contribution in [-0.4, -0.2) is 96.7 Å². The van der Waals surface area contributed by atoms with Crippen LogP contribution in [0.4, 0.5) is 0 Å². The molecule has 0 spiro atoms. The molecule has 0 aromatic rings. The summed E-state index contributed by atoms with van der Waals surface area (Å²) < 4.78 is 67.7. The van der Waals surface area contributed by atoms with Gasteiger partial charge in [-0.05, 0) is 37.5 Å². The third kappa shape index (κ3) is 59.5. The van der Waals surface area contributed by atoms with Crippen molar-refractivity contribution in [2.24, 2.45) is 11.8 Å². The first kappa shape index (κ1) is 83.1. The molecule has 0 rings (SSSR count). The summed E-state index contributed by atoms with van der Waals surface area (Å²) in [5.41, 5.74) is 0. The molecule has 0 radical (unpaired) electrons. The lowest BCUT2D eigenvalue weighted by Crippen LogP contribution is -2.30. The van der Waals surface area contributed by atoms with Crippen molar-refractivity contribution in [3.8, 4) is 0 Å². The number of phosphoric acid groups is 2. The minimum atomic E-state index is -4.94. The Labute approximate surface area is 517 Å². The van der Waals surface area contributed by atoms with Crippen molar-refractivity contribution in [1.29, 1.82) is 0 Å². The summed E-state index contributed by atoms with van der Waals surface area (Å²) >= 11 is 0. The van der Waals surface area contributed by atoms with Gasteiger partial charge in [0.15, 0.2) is 12.2 Å². The number of aliphatic hydroxyl groups is 1. The highest BCUT2D eigenvalue weighted by molar-refractivity contribution is 7.47. The molecule has 0 saturated heterocycles. The zero-order chi connectivity index (χ0) is 62.9. The summed E-state index contributed by atoms with van der Waals surface area (Å²) in [5, 5.41) is 10.5. The highest BCUT2D eigenvalue weighted by Crippen LogP contribution is 2.45. The first-order valence-corrected chi connectivity index (χ1v) is 37.5. The molecule has 0 heterocycles. The molecule has 0 fully saturated rings. The predicted molar refractivity (Wildman–Crippen MR) is 340 cm³/mol. The minimum Gasteiger partial charge on any atom is -0.462 e. The van der Waals surface area contributed by atoms with Crippen molar-refractivity contribution < 1.29 is 80.2 Å². The molecule has 3 unspecified atom stereocenters. The van der Waals surface area contributed by atoms with E-state index in [1.54, 1.807) is 0 Å². The summed E-state index contributed by atoms with van der Waals surface area (Å²) in [5.74, 6) is -0.550. The smallest absolute Gasteiger partial charge is 0.462 e. The van der Waals surface area contributed by atoms with Crippen LogP contribution in [0.3, 0.4) is 0 Å². The van der Waals surface area contributed by atoms with Crippen LogP contribution in [0.1, 0.15) is 330 Å². The SMILES string of the molecule is CCCCCCCCCC(=O)O[C@H](COC(=O)CCCCCCC)COP(=O)(O)OC[C@H](O)COP(=O)(O)OC[C@@H](COC(=O)CCCCCCCCCCC(C)CC)OC(=O)CCCCCCCCCCCCCCCCCCCCC(C)C. The number of phosphoric ester groups is 2. The molecule has 0 aromatic heterocycles. The van der Waals surface area contributed by atoms with Gasteiger partial charge in [-0.15, -0.1) is 0 Å². The Morgan fingerprint density at radius 1 is 0.341 bits per heavy atom. The Hall–Kier alpha value is -1.94. The fraction of sp³-hybridized carbons (Fsp3) is 0.939. The molecule has 17 nitrogen and oxygen atoms in total. The van der Waals surface area contributed by atoms with Crippen LogP contribution in [0.15, 0.2) is 0 Å². The maximum Gasteiger partial charge on any atom is 0.472 e. The Morgan fingerprint density at radius 3 is 0.894 bits per heavy atom. The van der Waals surface area contributed by atoms with Crippen LogP contribution in [-0.2, 0) is 65.4 Å². The van der Waals surface area contributed by atoms with E-state index in [2.05, 4.69) is 41.5 Å². The molecule has 0 amide bonds. The molecular weight excluding hydrogens is 1130 g/mol. The quantitative estimate of drug-likeness (QED) is 0.0222. The van der Waals surface area contributed by atoms with Crippen molar-refractivity contribution in [2.75, 3.05) is 39.6 Å². The second-order valence-electron chi connectivity index (χ2n) is 24.6. The molecule has 19 heteroatoms. The van der Waals surface area contributed by atoms with Gasteiger partial charge in [0.25, 0.3) is 0 Å². The summed E-state index contributed by atoms with van der Waals surface area (Å²) in [7, 11) is -9.87. The molecule has 0 bridgehead atoms. The molecule has 504 valence electrons. The molecule has 0 aliphatic rings. The molecular formula is C66H128O17P2. The third-order valence-corrected chi connectivity index (χ3v) is 17.5. The zero-order valence-corrected chi connectivity index (χ0v) is 56.7. The molecule has 85 heavy (non-hydrogen) atoms. The summed E-state index contributed by atoms with van der Waals surface area (Å²) in [6.07, 6.45) is 42.3. The van der Waals surface area contributed by atoms with Crippen LogP contribution < -0.4 is 0 Å². The van der Waals surface area contributed by atoms with Gasteiger partial charge in [-0.3, -0.25) is 37.3 Å². The Bertz CT molecular complexity index is 1670. The lowest BCUT2D eigenvalue weighted by atomic mass is 9.99. The normalized spacial score (nSPS) is 14.6. The van der Waals surface area contributed by atoms with Crippen LogP contribution in [0.25, 0.3) is 0 Å². The number of rotatable bonds is 65. The number of ether oxygens (including phenoxy) is 4. The van der Waals surface area contributed by atoms with Gasteiger partial charge in [0, 0.05) is 25.7 Å². The molecule has 3 N–H and O–H groups in total. The largest absolute Gasteiger partial charge is 0.472 e. The van der Waals surface area contributed by atoms with Crippen LogP contribution in [0, 0.1) is 11.8 Å². The molecule has 0 aliphatic heterocycles. The topological polar surface area (TPSA) is 237 Å². The average Bonchev–Trinajstić information content (AvgIpc) is 3.58. The van der Waals surface area contributed by atoms with Crippen molar-refractivity contribution in [1.82, 2.24) is 0 Å². The van der Waals surface area contributed by atoms with Gasteiger partial charge >= 0.3 is 39.5 Å². The maximum absolute atomic E-state index is 13.0. The number of hydrogen-bond acceptors (Lipinski definition) is 15. The summed E-state index contributed by atoms with van der Waals surface area (Å²) in [6.45, 7) is 9.41. The van der Waals surface area contributed by atoms with Crippen LogP contribution in [0.2, 0.25) is 0 Å². The summed E-state index contributed by atoms with van der Waals surface area (Å²) in [6, 6.07) is 0. The van der Waals surface area contributed by atoms with Gasteiger partial charge < -0.3 is 33.8 Å². The number of carbonyl (C=O) groups excluding carboxylic acids is 4. The first-order valence-electron chi connectivity index (χ1n) is 34.5. The third-order valence-electron chi connectivity index (χ3n) is 15.6. The number of carbonyl (C=O) groups is 4. The first-order chi connectivity index (χ1) is 40.9. The molecule has 0 aliphatic carbocycles. The fourth-order valence-corrected chi connectivity index (χ4v) is 11.4. The van der Waals surface area contributed by atoms with Gasteiger partial charge in [-0.1, -0.05) is 279 Å². The second-order valence-corrected chi connectivity index (χ2v) is 27.5. The highest BCUT2D eigenvalue weighted by atomic mass is 31.2. The maximum atomic E-state index is 13.0. The minimum absolute atomic E-state index is 0.103. The van der Waals surface area contributed by atoms with E-state index in [1.165, 1.54) is 128 Å². The van der Waals surface area contributed by atoms with E-state index in [1.807, 2.05) is 0 Å². The number of esters is 4. The summed E-state index contributed by atoms with van der Waals surface area (Å²) in [4.78, 5) is 71.9. The van der Waals surface area contributed by atoms with E-state index in [0.29, 0.717) is 25.7 Å². The van der Waals surface area contributed by atoms with E-state index in [0.717, 1.165) is 121 Å². The number of unbranched alkanes of at least 4 members (excludes halogenated alkanes) is 34. The van der Waals surface area contributed by atoms with E-state index < -0.39 is 97.5 Å². The van der Waals surface area contributed by atoms with Crippen molar-refractivity contribution in [2.45, 2.75) is 349 Å². The van der Waals surface area contributed by atoms with E-state index in [-0.39, 0.29) is 25.7 Å². The predicted octanol–water partition coefficient (Wildman–Crippen LogP) is 18.4. The van der Waals surface area contributed by atoms with Gasteiger partial charge in [0.2, 0.25) is 0 Å². The van der Waals surface area contributed by atoms with Crippen LogP contribution >= 0.6 is 15.6 Å². The number of hydrogen-bond donors (Lipinski definition) is 3. The average molecular weight is 1260 g/mol. The molecule has 6 atom stereocenters. The lowest BCUT2D eigenvalue weighted by Gasteiger charge is -2.21. The van der Waals surface area contributed by atoms with Crippen molar-refractivity contribution >= 4 is 39.5 Å². The lowest BCUT2D eigenvalue weighted by molar-refractivity contribution is -0.161. The van der Waals surface area contributed by atoms with E-state index >= 15 is 0 Å². The van der Waals surface area contributed by atoms with Gasteiger partial charge in [0.1, 0.15) is 19.3 Å². The van der Waals surface area contributed by atoms with Crippen molar-refractivity contribution in [3.05, 3.63) is 0 Å². The van der Waals surface area contributed by atoms with Crippen molar-refractivity contribution in [3.63, 3.8) is 0 Å². The van der Waals surface area contributed by atoms with E-state index in [4.69, 9.17) is 37.0 Å². The molecule has 0 aromatic carbocycles. The fourth-order valence-electron chi connectivity index (χ4n) is 9.85. The number of aliphatic hydroxyl groups excluding tert-OH is 1. The van der Waals surface area contributed by atoms with Gasteiger partial charge in [-0.2, -0.15) is 0 Å².